The fraction of sp³-hybridized carbons (Fsp3) is 0.579. The number of rotatable bonds is 7. The molecule has 1 N–H and O–H groups in total. The van der Waals surface area contributed by atoms with Crippen molar-refractivity contribution in [2.45, 2.75) is 45.4 Å². The Morgan fingerprint density at radius 2 is 2.16 bits per heavy atom. The molecule has 0 aromatic heterocycles. The van der Waals surface area contributed by atoms with Crippen LogP contribution in [-0.2, 0) is 4.79 Å². The van der Waals surface area contributed by atoms with Gasteiger partial charge in [-0.2, -0.15) is 5.10 Å². The number of hydrogen-bond acceptors (Lipinski definition) is 3. The Hall–Kier alpha value is -1.26. The van der Waals surface area contributed by atoms with Gasteiger partial charge < -0.3 is 4.74 Å². The molecule has 2 aliphatic carbocycles. The molecule has 0 unspecified atom stereocenters. The zero-order chi connectivity index (χ0) is 17.8. The average molecular weight is 383 g/mol. The Balaban J connectivity index is 1.36. The Bertz CT molecular complexity index is 663. The van der Waals surface area contributed by atoms with E-state index in [1.54, 1.807) is 18.2 Å². The molecular formula is C19H24Cl2N2O2. The van der Waals surface area contributed by atoms with Crippen LogP contribution in [0.5, 0.6) is 5.75 Å². The quantitative estimate of drug-likeness (QED) is 0.406. The topological polar surface area (TPSA) is 50.7 Å². The van der Waals surface area contributed by atoms with E-state index >= 15 is 0 Å². The lowest BCUT2D eigenvalue weighted by molar-refractivity contribution is -0.121. The number of hydrazone groups is 1. The smallest absolute Gasteiger partial charge is 0.240 e. The third kappa shape index (κ3) is 4.89. The van der Waals surface area contributed by atoms with Crippen molar-refractivity contribution in [3.8, 4) is 5.75 Å². The summed E-state index contributed by atoms with van der Waals surface area (Å²) in [6, 6.07) is 5.09. The summed E-state index contributed by atoms with van der Waals surface area (Å²) in [4.78, 5) is 11.9. The van der Waals surface area contributed by atoms with Gasteiger partial charge >= 0.3 is 0 Å². The molecular weight excluding hydrogens is 359 g/mol. The summed E-state index contributed by atoms with van der Waals surface area (Å²) in [7, 11) is 0. The van der Waals surface area contributed by atoms with Gasteiger partial charge in [-0.3, -0.25) is 4.79 Å². The molecule has 2 saturated carbocycles. The minimum atomic E-state index is -0.0756. The first kappa shape index (κ1) is 18.5. The van der Waals surface area contributed by atoms with Crippen molar-refractivity contribution >= 4 is 34.8 Å². The first-order valence-electron chi connectivity index (χ1n) is 8.94. The molecule has 4 nitrogen and oxygen atoms in total. The van der Waals surface area contributed by atoms with Gasteiger partial charge in [-0.05, 0) is 62.6 Å². The van der Waals surface area contributed by atoms with E-state index < -0.39 is 0 Å². The lowest BCUT2D eigenvalue weighted by atomic mass is 9.86. The van der Waals surface area contributed by atoms with Crippen LogP contribution in [0.4, 0.5) is 0 Å². The normalized spacial score (nSPS) is 25.2. The highest BCUT2D eigenvalue weighted by atomic mass is 35.5. The maximum atomic E-state index is 11.9. The molecule has 25 heavy (non-hydrogen) atoms. The highest BCUT2D eigenvalue weighted by Gasteiger charge is 2.40. The average Bonchev–Trinajstić information content (AvgIpc) is 3.21. The maximum Gasteiger partial charge on any atom is 0.240 e. The minimum absolute atomic E-state index is 0.0756. The predicted molar refractivity (Wildman–Crippen MR) is 101 cm³/mol. The van der Waals surface area contributed by atoms with Crippen molar-refractivity contribution in [1.82, 2.24) is 5.43 Å². The molecule has 2 fully saturated rings. The Labute approximate surface area is 158 Å². The molecule has 136 valence electrons. The van der Waals surface area contributed by atoms with E-state index in [1.165, 1.54) is 25.7 Å². The van der Waals surface area contributed by atoms with Crippen LogP contribution in [0.25, 0.3) is 0 Å². The highest BCUT2D eigenvalue weighted by Crippen LogP contribution is 2.48. The van der Waals surface area contributed by atoms with Crippen molar-refractivity contribution in [2.75, 3.05) is 6.61 Å². The molecule has 0 heterocycles. The molecule has 3 rings (SSSR count). The lowest BCUT2D eigenvalue weighted by Gasteiger charge is -2.21. The molecule has 0 spiro atoms. The van der Waals surface area contributed by atoms with E-state index in [9.17, 15) is 4.79 Å². The molecule has 1 amide bonds. The van der Waals surface area contributed by atoms with Gasteiger partial charge in [-0.1, -0.05) is 29.6 Å². The van der Waals surface area contributed by atoms with Crippen LogP contribution >= 0.6 is 23.2 Å². The van der Waals surface area contributed by atoms with Crippen LogP contribution in [0, 0.1) is 17.8 Å². The molecule has 2 aliphatic rings. The summed E-state index contributed by atoms with van der Waals surface area (Å²) in [6.07, 6.45) is 6.26. The maximum absolute atomic E-state index is 11.9. The van der Waals surface area contributed by atoms with Gasteiger partial charge in [-0.15, -0.1) is 0 Å². The lowest BCUT2D eigenvalue weighted by Crippen LogP contribution is -2.24. The molecule has 2 bridgehead atoms. The number of halogens is 2. The zero-order valence-corrected chi connectivity index (χ0v) is 15.9. The predicted octanol–water partition coefficient (Wildman–Crippen LogP) is 5.08. The van der Waals surface area contributed by atoms with Gasteiger partial charge in [0.25, 0.3) is 0 Å². The van der Waals surface area contributed by atoms with Gasteiger partial charge in [-0.25, -0.2) is 5.43 Å². The van der Waals surface area contributed by atoms with E-state index in [4.69, 9.17) is 27.9 Å². The number of carbonyl (C=O) groups excluding carboxylic acids is 1. The number of ether oxygens (including phenoxy) is 1. The SMILES string of the molecule is C/C(=N/NC(=O)CCCOc1ccc(Cl)cc1Cl)[C@@H]1C[C@@H]2CC[C@@H]1C2. The molecule has 6 heteroatoms. The molecule has 0 saturated heterocycles. The first-order chi connectivity index (χ1) is 12.0. The summed E-state index contributed by atoms with van der Waals surface area (Å²) in [5, 5.41) is 5.37. The highest BCUT2D eigenvalue weighted by molar-refractivity contribution is 6.35. The molecule has 1 aromatic carbocycles. The fourth-order valence-electron chi connectivity index (χ4n) is 4.05. The monoisotopic (exact) mass is 382 g/mol. The van der Waals surface area contributed by atoms with Gasteiger partial charge in [0.2, 0.25) is 5.91 Å². The zero-order valence-electron chi connectivity index (χ0n) is 14.4. The van der Waals surface area contributed by atoms with Crippen LogP contribution in [0.3, 0.4) is 0 Å². The van der Waals surface area contributed by atoms with Gasteiger partial charge in [0.05, 0.1) is 11.6 Å². The van der Waals surface area contributed by atoms with Gasteiger partial charge in [0.15, 0.2) is 0 Å². The second-order valence-corrected chi connectivity index (χ2v) is 7.94. The number of nitrogens with one attached hydrogen (secondary N) is 1. The summed E-state index contributed by atoms with van der Waals surface area (Å²) in [6.45, 7) is 2.46. The van der Waals surface area contributed by atoms with Crippen LogP contribution in [0.2, 0.25) is 10.0 Å². The van der Waals surface area contributed by atoms with Crippen LogP contribution in [-0.4, -0.2) is 18.2 Å². The molecule has 1 aromatic rings. The van der Waals surface area contributed by atoms with Crippen molar-refractivity contribution in [3.63, 3.8) is 0 Å². The van der Waals surface area contributed by atoms with E-state index in [-0.39, 0.29) is 5.91 Å². The van der Waals surface area contributed by atoms with E-state index in [0.29, 0.717) is 41.2 Å². The number of nitrogens with zero attached hydrogens (tertiary/aromatic N) is 1. The van der Waals surface area contributed by atoms with Crippen molar-refractivity contribution in [3.05, 3.63) is 28.2 Å². The van der Waals surface area contributed by atoms with Crippen molar-refractivity contribution in [1.29, 1.82) is 0 Å². The van der Waals surface area contributed by atoms with Crippen LogP contribution < -0.4 is 10.2 Å². The second-order valence-electron chi connectivity index (χ2n) is 7.10. The first-order valence-corrected chi connectivity index (χ1v) is 9.69. The Morgan fingerprint density at radius 1 is 1.32 bits per heavy atom. The van der Waals surface area contributed by atoms with Crippen molar-refractivity contribution < 1.29 is 9.53 Å². The summed E-state index contributed by atoms with van der Waals surface area (Å²) in [5.41, 5.74) is 3.76. The number of amides is 1. The molecule has 3 atom stereocenters. The summed E-state index contributed by atoms with van der Waals surface area (Å²) >= 11 is 11.9. The number of hydrogen-bond donors (Lipinski definition) is 1. The third-order valence-electron chi connectivity index (χ3n) is 5.33. The Kier molecular flexibility index (Phi) is 6.24. The molecule has 0 radical (unpaired) electrons. The minimum Gasteiger partial charge on any atom is -0.492 e. The Morgan fingerprint density at radius 3 is 2.84 bits per heavy atom. The van der Waals surface area contributed by atoms with E-state index in [1.807, 2.05) is 6.92 Å². The second kappa shape index (κ2) is 8.41. The fourth-order valence-corrected chi connectivity index (χ4v) is 4.52. The third-order valence-corrected chi connectivity index (χ3v) is 5.86. The standard InChI is InChI=1S/C19H24Cl2N2O2/c1-12(16-10-13-4-5-14(16)9-13)22-23-19(24)3-2-8-25-18-7-6-15(20)11-17(18)21/h6-7,11,13-14,16H,2-5,8-10H2,1H3,(H,23,24)/b22-12-/t13-,14-,16+/m1/s1. The van der Waals surface area contributed by atoms with Gasteiger partial charge in [0, 0.05) is 23.1 Å². The number of fused-ring (bicyclic) bond motifs is 2. The van der Waals surface area contributed by atoms with Crippen LogP contribution in [0.1, 0.15) is 45.4 Å². The molecule has 0 aliphatic heterocycles. The van der Waals surface area contributed by atoms with E-state index in [2.05, 4.69) is 10.5 Å². The van der Waals surface area contributed by atoms with Crippen LogP contribution in [0.15, 0.2) is 23.3 Å². The number of benzene rings is 1. The van der Waals surface area contributed by atoms with E-state index in [0.717, 1.165) is 17.5 Å². The van der Waals surface area contributed by atoms with Gasteiger partial charge in [0.1, 0.15) is 5.75 Å². The van der Waals surface area contributed by atoms with Crippen molar-refractivity contribution in [2.24, 2.45) is 22.9 Å². The number of carbonyl (C=O) groups is 1. The summed E-state index contributed by atoms with van der Waals surface area (Å²) in [5.74, 6) is 2.73. The largest absolute Gasteiger partial charge is 0.492 e. The summed E-state index contributed by atoms with van der Waals surface area (Å²) < 4.78 is 5.58.